The molecule has 2 atom stereocenters. The van der Waals surface area contributed by atoms with Crippen molar-refractivity contribution >= 4 is 5.97 Å². The summed E-state index contributed by atoms with van der Waals surface area (Å²) in [5.74, 6) is -1.09. The fourth-order valence-corrected chi connectivity index (χ4v) is 2.71. The minimum atomic E-state index is -4.41. The van der Waals surface area contributed by atoms with Crippen molar-refractivity contribution in [2.45, 2.75) is 24.8 Å². The van der Waals surface area contributed by atoms with Crippen LogP contribution < -0.4 is 0 Å². The minimum absolute atomic E-state index is 0.239. The van der Waals surface area contributed by atoms with Crippen LogP contribution in [-0.2, 0) is 22.1 Å². The van der Waals surface area contributed by atoms with E-state index in [-0.39, 0.29) is 6.42 Å². The van der Waals surface area contributed by atoms with Crippen molar-refractivity contribution < 1.29 is 27.8 Å². The molecule has 0 amide bonds. The lowest BCUT2D eigenvalue weighted by atomic mass is 9.90. The second-order valence-corrected chi connectivity index (χ2v) is 5.37. The Morgan fingerprint density at radius 2 is 1.74 bits per heavy atom. The van der Waals surface area contributed by atoms with Gasteiger partial charge in [-0.2, -0.15) is 13.2 Å². The quantitative estimate of drug-likeness (QED) is 0.914. The first-order valence-electron chi connectivity index (χ1n) is 6.99. The van der Waals surface area contributed by atoms with Crippen LogP contribution in [0.25, 0.3) is 0 Å². The Morgan fingerprint density at radius 3 is 2.35 bits per heavy atom. The van der Waals surface area contributed by atoms with E-state index < -0.39 is 29.9 Å². The van der Waals surface area contributed by atoms with Crippen LogP contribution in [0, 0.1) is 0 Å². The molecule has 0 radical (unpaired) electrons. The molecule has 1 aliphatic rings. The van der Waals surface area contributed by atoms with Gasteiger partial charge in [0, 0.05) is 6.42 Å². The number of carboxylic acid groups (broad SMARTS) is 1. The lowest BCUT2D eigenvalue weighted by Gasteiger charge is -2.30. The van der Waals surface area contributed by atoms with E-state index in [9.17, 15) is 23.1 Å². The number of carboxylic acids is 1. The largest absolute Gasteiger partial charge is 0.479 e. The van der Waals surface area contributed by atoms with Crippen LogP contribution in [0.5, 0.6) is 0 Å². The smallest absolute Gasteiger partial charge is 0.416 e. The van der Waals surface area contributed by atoms with Crippen LogP contribution in [-0.4, -0.2) is 17.2 Å². The Hall–Kier alpha value is -2.34. The van der Waals surface area contributed by atoms with Gasteiger partial charge in [0.15, 0.2) is 6.10 Å². The number of halogens is 3. The summed E-state index contributed by atoms with van der Waals surface area (Å²) < 4.78 is 43.6. The zero-order valence-corrected chi connectivity index (χ0v) is 11.9. The molecule has 1 aliphatic heterocycles. The van der Waals surface area contributed by atoms with Crippen molar-refractivity contribution in [3.63, 3.8) is 0 Å². The van der Waals surface area contributed by atoms with Gasteiger partial charge in [-0.25, -0.2) is 4.79 Å². The summed E-state index contributed by atoms with van der Waals surface area (Å²) in [4.78, 5) is 11.3. The number of alkyl halides is 3. The monoisotopic (exact) mass is 322 g/mol. The van der Waals surface area contributed by atoms with Gasteiger partial charge in [-0.15, -0.1) is 0 Å². The zero-order chi connectivity index (χ0) is 16.6. The lowest BCUT2D eigenvalue weighted by Crippen LogP contribution is -2.33. The summed E-state index contributed by atoms with van der Waals surface area (Å²) in [6.45, 7) is 0. The highest BCUT2D eigenvalue weighted by atomic mass is 19.4. The van der Waals surface area contributed by atoms with E-state index in [0.29, 0.717) is 5.56 Å². The van der Waals surface area contributed by atoms with Crippen molar-refractivity contribution in [2.24, 2.45) is 0 Å². The van der Waals surface area contributed by atoms with Crippen molar-refractivity contribution in [1.82, 2.24) is 0 Å². The zero-order valence-electron chi connectivity index (χ0n) is 11.9. The van der Waals surface area contributed by atoms with E-state index in [0.717, 1.165) is 23.3 Å². The highest BCUT2D eigenvalue weighted by Crippen LogP contribution is 2.37. The maximum absolute atomic E-state index is 12.7. The average molecular weight is 322 g/mol. The van der Waals surface area contributed by atoms with Crippen LogP contribution in [0.15, 0.2) is 48.5 Å². The number of rotatable bonds is 2. The molecule has 23 heavy (non-hydrogen) atoms. The van der Waals surface area contributed by atoms with Crippen LogP contribution in [0.1, 0.15) is 28.4 Å². The molecule has 0 bridgehead atoms. The van der Waals surface area contributed by atoms with Crippen molar-refractivity contribution in [3.05, 3.63) is 70.8 Å². The van der Waals surface area contributed by atoms with Gasteiger partial charge in [0.25, 0.3) is 0 Å². The summed E-state index contributed by atoms with van der Waals surface area (Å²) in [7, 11) is 0. The summed E-state index contributed by atoms with van der Waals surface area (Å²) >= 11 is 0. The third kappa shape index (κ3) is 3.07. The van der Waals surface area contributed by atoms with Crippen LogP contribution in [0.3, 0.4) is 0 Å². The number of hydrogen-bond acceptors (Lipinski definition) is 2. The standard InChI is InChI=1S/C17H13F3O3/c18-17(19,20)12-7-5-10(6-8-12)15-13-4-2-1-3-11(13)9-14(23-15)16(21)22/h1-8,14-15H,9H2,(H,21,22). The first-order chi connectivity index (χ1) is 10.9. The van der Waals surface area contributed by atoms with Crippen molar-refractivity contribution in [3.8, 4) is 0 Å². The highest BCUT2D eigenvalue weighted by molar-refractivity contribution is 5.73. The van der Waals surface area contributed by atoms with Gasteiger partial charge < -0.3 is 9.84 Å². The molecular formula is C17H13F3O3. The van der Waals surface area contributed by atoms with Gasteiger partial charge in [-0.1, -0.05) is 36.4 Å². The minimum Gasteiger partial charge on any atom is -0.479 e. The molecule has 1 N–H and O–H groups in total. The third-order valence-corrected chi connectivity index (χ3v) is 3.86. The number of fused-ring (bicyclic) bond motifs is 1. The van der Waals surface area contributed by atoms with Crippen LogP contribution >= 0.6 is 0 Å². The second-order valence-electron chi connectivity index (χ2n) is 5.37. The van der Waals surface area contributed by atoms with E-state index in [1.54, 1.807) is 18.2 Å². The van der Waals surface area contributed by atoms with Crippen LogP contribution in [0.4, 0.5) is 13.2 Å². The van der Waals surface area contributed by atoms with Gasteiger partial charge in [0.2, 0.25) is 0 Å². The second kappa shape index (κ2) is 5.70. The molecule has 120 valence electrons. The summed E-state index contributed by atoms with van der Waals surface area (Å²) in [5, 5.41) is 9.21. The molecule has 1 heterocycles. The molecule has 3 nitrogen and oxygen atoms in total. The van der Waals surface area contributed by atoms with Crippen molar-refractivity contribution in [1.29, 1.82) is 0 Å². The molecule has 0 spiro atoms. The van der Waals surface area contributed by atoms with E-state index in [1.807, 2.05) is 6.07 Å². The van der Waals surface area contributed by atoms with E-state index in [2.05, 4.69) is 0 Å². The summed E-state index contributed by atoms with van der Waals surface area (Å²) in [6, 6.07) is 11.8. The Bertz CT molecular complexity index is 723. The SMILES string of the molecule is O=C(O)C1Cc2ccccc2C(c2ccc(C(F)(F)F)cc2)O1. The molecule has 0 saturated carbocycles. The predicted octanol–water partition coefficient (Wildman–Crippen LogP) is 3.82. The molecular weight excluding hydrogens is 309 g/mol. The predicted molar refractivity (Wildman–Crippen MR) is 75.9 cm³/mol. The number of hydrogen-bond donors (Lipinski definition) is 1. The molecule has 3 rings (SSSR count). The fraction of sp³-hybridized carbons (Fsp3) is 0.235. The first-order valence-corrected chi connectivity index (χ1v) is 6.99. The Balaban J connectivity index is 1.99. The Kier molecular flexibility index (Phi) is 3.85. The van der Waals surface area contributed by atoms with Gasteiger partial charge in [-0.3, -0.25) is 0 Å². The normalized spacial score (nSPS) is 20.8. The lowest BCUT2D eigenvalue weighted by molar-refractivity contribution is -0.154. The Labute approximate surface area is 130 Å². The topological polar surface area (TPSA) is 46.5 Å². The van der Waals surface area contributed by atoms with E-state index in [1.165, 1.54) is 12.1 Å². The molecule has 6 heteroatoms. The molecule has 0 fully saturated rings. The van der Waals surface area contributed by atoms with E-state index >= 15 is 0 Å². The summed E-state index contributed by atoms with van der Waals surface area (Å²) in [6.07, 6.45) is -5.88. The third-order valence-electron chi connectivity index (χ3n) is 3.86. The van der Waals surface area contributed by atoms with E-state index in [4.69, 9.17) is 4.74 Å². The molecule has 0 saturated heterocycles. The molecule has 2 aromatic carbocycles. The van der Waals surface area contributed by atoms with Crippen molar-refractivity contribution in [2.75, 3.05) is 0 Å². The van der Waals surface area contributed by atoms with Crippen LogP contribution in [0.2, 0.25) is 0 Å². The first kappa shape index (κ1) is 15.6. The number of carbonyl (C=O) groups is 1. The molecule has 2 unspecified atom stereocenters. The van der Waals surface area contributed by atoms with Gasteiger partial charge in [0.05, 0.1) is 5.56 Å². The molecule has 0 aromatic heterocycles. The van der Waals surface area contributed by atoms with Gasteiger partial charge in [0.1, 0.15) is 6.10 Å². The fourth-order valence-electron chi connectivity index (χ4n) is 2.71. The summed E-state index contributed by atoms with van der Waals surface area (Å²) in [5.41, 5.74) is 1.36. The highest BCUT2D eigenvalue weighted by Gasteiger charge is 2.34. The molecule has 2 aromatic rings. The maximum Gasteiger partial charge on any atom is 0.416 e. The number of benzene rings is 2. The van der Waals surface area contributed by atoms with Gasteiger partial charge in [-0.05, 0) is 28.8 Å². The Morgan fingerprint density at radius 1 is 1.09 bits per heavy atom. The maximum atomic E-state index is 12.7. The average Bonchev–Trinajstić information content (AvgIpc) is 2.53. The molecule has 0 aliphatic carbocycles. The van der Waals surface area contributed by atoms with Gasteiger partial charge >= 0.3 is 12.1 Å². The number of ether oxygens (including phenoxy) is 1. The number of aliphatic carboxylic acids is 1.